The van der Waals surface area contributed by atoms with Crippen LogP contribution in [-0.2, 0) is 21.1 Å². The van der Waals surface area contributed by atoms with E-state index in [2.05, 4.69) is 4.99 Å². The molecule has 0 spiro atoms. The number of ether oxygens (including phenoxy) is 1. The molecule has 4 rings (SSSR count). The van der Waals surface area contributed by atoms with Gasteiger partial charge in [-0.1, -0.05) is 42.1 Å². The van der Waals surface area contributed by atoms with Crippen molar-refractivity contribution in [2.45, 2.75) is 24.6 Å². The van der Waals surface area contributed by atoms with Crippen LogP contribution in [0.25, 0.3) is 0 Å². The molecule has 0 bridgehead atoms. The average molecular weight is 431 g/mol. The van der Waals surface area contributed by atoms with Crippen LogP contribution in [0.5, 0.6) is 5.75 Å². The number of amides is 1. The Morgan fingerprint density at radius 2 is 1.86 bits per heavy atom. The number of benzene rings is 2. The van der Waals surface area contributed by atoms with Crippen LogP contribution >= 0.6 is 11.8 Å². The number of hydrogen-bond acceptors (Lipinski definition) is 5. The van der Waals surface area contributed by atoms with Gasteiger partial charge in [0, 0.05) is 10.9 Å². The molecule has 0 aliphatic carbocycles. The third-order valence-electron chi connectivity index (χ3n) is 4.91. The van der Waals surface area contributed by atoms with Crippen molar-refractivity contribution in [1.29, 1.82) is 0 Å². The summed E-state index contributed by atoms with van der Waals surface area (Å²) in [4.78, 5) is 18.8. The van der Waals surface area contributed by atoms with Gasteiger partial charge in [-0.05, 0) is 36.8 Å². The third kappa shape index (κ3) is 4.48. The first-order valence-electron chi connectivity index (χ1n) is 9.50. The molecule has 2 aromatic rings. The normalized spacial score (nSPS) is 23.9. The molecule has 2 atom stereocenters. The minimum absolute atomic E-state index is 0.0732. The summed E-state index contributed by atoms with van der Waals surface area (Å²) in [6, 6.07) is 16.7. The molecule has 152 valence electrons. The van der Waals surface area contributed by atoms with Crippen LogP contribution in [-0.4, -0.2) is 48.9 Å². The Morgan fingerprint density at radius 1 is 1.14 bits per heavy atom. The topological polar surface area (TPSA) is 76.0 Å². The summed E-state index contributed by atoms with van der Waals surface area (Å²) in [5.41, 5.74) is 1.72. The SMILES string of the molecule is CCOc1ccc(N2C(=NC(=O)Cc3ccccc3)S[C@@H]3CS(=O)(=O)C[C@H]32)cc1. The number of amidine groups is 1. The zero-order valence-electron chi connectivity index (χ0n) is 16.0. The highest BCUT2D eigenvalue weighted by molar-refractivity contribution is 8.16. The molecule has 2 heterocycles. The van der Waals surface area contributed by atoms with E-state index in [0.717, 1.165) is 17.0 Å². The van der Waals surface area contributed by atoms with E-state index in [0.29, 0.717) is 11.8 Å². The maximum Gasteiger partial charge on any atom is 0.252 e. The molecule has 0 N–H and O–H groups in total. The smallest absolute Gasteiger partial charge is 0.252 e. The molecule has 0 saturated carbocycles. The quantitative estimate of drug-likeness (QED) is 0.726. The Morgan fingerprint density at radius 3 is 2.55 bits per heavy atom. The van der Waals surface area contributed by atoms with E-state index >= 15 is 0 Å². The van der Waals surface area contributed by atoms with Gasteiger partial charge in [0.2, 0.25) is 0 Å². The van der Waals surface area contributed by atoms with Gasteiger partial charge in [0.05, 0.1) is 30.6 Å². The van der Waals surface area contributed by atoms with Crippen LogP contribution in [0.3, 0.4) is 0 Å². The number of sulfone groups is 1. The number of fused-ring (bicyclic) bond motifs is 1. The second-order valence-electron chi connectivity index (χ2n) is 7.05. The van der Waals surface area contributed by atoms with Crippen molar-refractivity contribution in [3.8, 4) is 5.75 Å². The zero-order valence-corrected chi connectivity index (χ0v) is 17.7. The fourth-order valence-corrected chi connectivity index (χ4v) is 7.58. The van der Waals surface area contributed by atoms with Crippen molar-refractivity contribution >= 4 is 38.4 Å². The predicted molar refractivity (Wildman–Crippen MR) is 116 cm³/mol. The largest absolute Gasteiger partial charge is 0.494 e. The van der Waals surface area contributed by atoms with Gasteiger partial charge < -0.3 is 9.64 Å². The molecule has 2 aromatic carbocycles. The molecule has 0 unspecified atom stereocenters. The lowest BCUT2D eigenvalue weighted by molar-refractivity contribution is -0.117. The molecule has 1 amide bonds. The van der Waals surface area contributed by atoms with Crippen LogP contribution in [0.4, 0.5) is 5.69 Å². The van der Waals surface area contributed by atoms with Crippen molar-refractivity contribution in [1.82, 2.24) is 0 Å². The number of rotatable bonds is 5. The number of hydrogen-bond donors (Lipinski definition) is 0. The van der Waals surface area contributed by atoms with E-state index in [4.69, 9.17) is 4.74 Å². The average Bonchev–Trinajstić information content (AvgIpc) is 3.14. The monoisotopic (exact) mass is 430 g/mol. The Labute approximate surface area is 174 Å². The summed E-state index contributed by atoms with van der Waals surface area (Å²) >= 11 is 1.38. The van der Waals surface area contributed by atoms with Gasteiger partial charge >= 0.3 is 0 Å². The Kier molecular flexibility index (Phi) is 5.65. The summed E-state index contributed by atoms with van der Waals surface area (Å²) in [7, 11) is -3.09. The third-order valence-corrected chi connectivity index (χ3v) is 8.12. The van der Waals surface area contributed by atoms with Crippen LogP contribution in [0, 0.1) is 0 Å². The number of aliphatic imine (C=N–C) groups is 1. The van der Waals surface area contributed by atoms with E-state index < -0.39 is 9.84 Å². The van der Waals surface area contributed by atoms with Gasteiger partial charge in [-0.3, -0.25) is 4.79 Å². The molecule has 2 aliphatic heterocycles. The van der Waals surface area contributed by atoms with Gasteiger partial charge in [0.25, 0.3) is 5.91 Å². The van der Waals surface area contributed by atoms with Crippen LogP contribution in [0.1, 0.15) is 12.5 Å². The summed E-state index contributed by atoms with van der Waals surface area (Å²) < 4.78 is 29.8. The lowest BCUT2D eigenvalue weighted by Crippen LogP contribution is -2.37. The summed E-state index contributed by atoms with van der Waals surface area (Å²) in [6.07, 6.45) is 0.218. The molecule has 0 radical (unpaired) electrons. The van der Waals surface area contributed by atoms with E-state index in [1.54, 1.807) is 0 Å². The van der Waals surface area contributed by atoms with Crippen LogP contribution < -0.4 is 9.64 Å². The maximum atomic E-state index is 12.6. The highest BCUT2D eigenvalue weighted by atomic mass is 32.2. The Hall–Kier alpha value is -2.32. The van der Waals surface area contributed by atoms with Crippen molar-refractivity contribution in [3.63, 3.8) is 0 Å². The zero-order chi connectivity index (χ0) is 20.4. The standard InChI is InChI=1S/C21H22N2O4S2/c1-2-27-17-10-8-16(9-11-17)23-18-13-29(25,26)14-19(18)28-21(23)22-20(24)12-15-6-4-3-5-7-15/h3-11,18-19H,2,12-14H2,1H3/t18-,19-/m1/s1. The van der Waals surface area contributed by atoms with Gasteiger partial charge in [-0.25, -0.2) is 8.42 Å². The van der Waals surface area contributed by atoms with E-state index in [9.17, 15) is 13.2 Å². The molecule has 2 aliphatic rings. The van der Waals surface area contributed by atoms with Crippen molar-refractivity contribution in [3.05, 3.63) is 60.2 Å². The first-order valence-corrected chi connectivity index (χ1v) is 12.2. The first kappa shape index (κ1) is 20.0. The molecule has 8 heteroatoms. The van der Waals surface area contributed by atoms with Gasteiger partial charge in [0.1, 0.15) is 5.75 Å². The fraction of sp³-hybridized carbons (Fsp3) is 0.333. The molecular weight excluding hydrogens is 408 g/mol. The maximum absolute atomic E-state index is 12.6. The van der Waals surface area contributed by atoms with Crippen LogP contribution in [0.2, 0.25) is 0 Å². The summed E-state index contributed by atoms with van der Waals surface area (Å²) in [6.45, 7) is 2.49. The molecular formula is C21H22N2O4S2. The Bertz CT molecular complexity index is 1020. The van der Waals surface area contributed by atoms with E-state index in [-0.39, 0.29) is 35.1 Å². The van der Waals surface area contributed by atoms with E-state index in [1.165, 1.54) is 11.8 Å². The molecule has 6 nitrogen and oxygen atoms in total. The molecule has 2 fully saturated rings. The number of thioether (sulfide) groups is 1. The van der Waals surface area contributed by atoms with Gasteiger partial charge in [0.15, 0.2) is 15.0 Å². The van der Waals surface area contributed by atoms with Crippen molar-refractivity contribution in [2.75, 3.05) is 23.0 Å². The number of carbonyl (C=O) groups is 1. The lowest BCUT2D eigenvalue weighted by atomic mass is 10.1. The minimum atomic E-state index is -3.09. The first-order chi connectivity index (χ1) is 13.9. The highest BCUT2D eigenvalue weighted by Crippen LogP contribution is 2.41. The van der Waals surface area contributed by atoms with E-state index in [1.807, 2.05) is 66.4 Å². The molecule has 2 saturated heterocycles. The van der Waals surface area contributed by atoms with Gasteiger partial charge in [-0.15, -0.1) is 0 Å². The van der Waals surface area contributed by atoms with Gasteiger partial charge in [-0.2, -0.15) is 4.99 Å². The molecule has 29 heavy (non-hydrogen) atoms. The number of carbonyl (C=O) groups excluding carboxylic acids is 1. The fourth-order valence-electron chi connectivity index (χ4n) is 3.65. The highest BCUT2D eigenvalue weighted by Gasteiger charge is 2.49. The lowest BCUT2D eigenvalue weighted by Gasteiger charge is -2.24. The summed E-state index contributed by atoms with van der Waals surface area (Å²) in [5.74, 6) is 0.695. The Balaban J connectivity index is 1.62. The minimum Gasteiger partial charge on any atom is -0.494 e. The summed E-state index contributed by atoms with van der Waals surface area (Å²) in [5, 5.41) is 0.454. The second kappa shape index (κ2) is 8.20. The number of nitrogens with zero attached hydrogens (tertiary/aromatic N) is 2. The van der Waals surface area contributed by atoms with Crippen molar-refractivity contribution in [2.24, 2.45) is 4.99 Å². The molecule has 0 aromatic heterocycles. The number of anilines is 1. The second-order valence-corrected chi connectivity index (χ2v) is 10.4. The predicted octanol–water partition coefficient (Wildman–Crippen LogP) is 2.93. The van der Waals surface area contributed by atoms with Crippen LogP contribution in [0.15, 0.2) is 59.6 Å². The van der Waals surface area contributed by atoms with Crippen molar-refractivity contribution < 1.29 is 17.9 Å².